The highest BCUT2D eigenvalue weighted by Crippen LogP contribution is 2.29. The van der Waals surface area contributed by atoms with Crippen molar-refractivity contribution in [2.24, 2.45) is 10.7 Å². The van der Waals surface area contributed by atoms with Gasteiger partial charge in [-0.15, -0.1) is 0 Å². The highest BCUT2D eigenvalue weighted by Gasteiger charge is 2.17. The Bertz CT molecular complexity index is 334. The molecule has 68 valence electrons. The number of halogens is 1. The fourth-order valence-electron chi connectivity index (χ4n) is 1.25. The Kier molecular flexibility index (Phi) is 2.47. The van der Waals surface area contributed by atoms with Gasteiger partial charge in [0, 0.05) is 10.8 Å². The van der Waals surface area contributed by atoms with Gasteiger partial charge in [0.15, 0.2) is 5.17 Å². The average molecular weight is 213 g/mol. The van der Waals surface area contributed by atoms with Gasteiger partial charge < -0.3 is 5.73 Å². The van der Waals surface area contributed by atoms with Crippen LogP contribution >= 0.6 is 23.4 Å². The van der Waals surface area contributed by atoms with E-state index < -0.39 is 0 Å². The molecule has 1 unspecified atom stereocenters. The molecule has 1 aliphatic heterocycles. The Hall–Kier alpha value is -0.670. The number of hydrogen-bond donors (Lipinski definition) is 1. The highest BCUT2D eigenvalue weighted by atomic mass is 35.5. The molecular formula is C9H9ClN2S. The summed E-state index contributed by atoms with van der Waals surface area (Å²) in [6.07, 6.45) is 0. The summed E-state index contributed by atoms with van der Waals surface area (Å²) in [5.74, 6) is 0.938. The van der Waals surface area contributed by atoms with Crippen LogP contribution in [0.15, 0.2) is 29.3 Å². The van der Waals surface area contributed by atoms with E-state index in [0.717, 1.165) is 10.8 Å². The Morgan fingerprint density at radius 3 is 2.62 bits per heavy atom. The minimum absolute atomic E-state index is 0.210. The van der Waals surface area contributed by atoms with Crippen LogP contribution in [0.3, 0.4) is 0 Å². The standard InChI is InChI=1S/C9H9ClN2S/c10-7-3-1-6(2-4-7)8-5-13-9(11)12-8/h1-4,8H,5H2,(H2,11,12). The van der Waals surface area contributed by atoms with Crippen molar-refractivity contribution < 1.29 is 0 Å². The third-order valence-corrected chi connectivity index (χ3v) is 3.06. The Morgan fingerprint density at radius 2 is 2.08 bits per heavy atom. The minimum atomic E-state index is 0.210. The van der Waals surface area contributed by atoms with Crippen molar-refractivity contribution in [1.29, 1.82) is 0 Å². The zero-order valence-electron chi connectivity index (χ0n) is 6.90. The van der Waals surface area contributed by atoms with E-state index in [9.17, 15) is 0 Å². The summed E-state index contributed by atoms with van der Waals surface area (Å²) in [5, 5.41) is 1.44. The molecule has 0 amide bonds. The smallest absolute Gasteiger partial charge is 0.154 e. The molecule has 0 bridgehead atoms. The molecule has 4 heteroatoms. The number of hydrogen-bond acceptors (Lipinski definition) is 3. The lowest BCUT2D eigenvalue weighted by molar-refractivity contribution is 0.848. The molecule has 0 saturated heterocycles. The Labute approximate surface area is 86.2 Å². The second-order valence-electron chi connectivity index (χ2n) is 2.85. The summed E-state index contributed by atoms with van der Waals surface area (Å²) < 4.78 is 0. The number of aliphatic imine (C=N–C) groups is 1. The van der Waals surface area contributed by atoms with E-state index in [4.69, 9.17) is 17.3 Å². The van der Waals surface area contributed by atoms with E-state index in [1.807, 2.05) is 24.3 Å². The summed E-state index contributed by atoms with van der Waals surface area (Å²) in [4.78, 5) is 4.30. The highest BCUT2D eigenvalue weighted by molar-refractivity contribution is 8.14. The molecule has 1 aromatic rings. The summed E-state index contributed by atoms with van der Waals surface area (Å²) >= 11 is 7.38. The largest absolute Gasteiger partial charge is 0.379 e. The minimum Gasteiger partial charge on any atom is -0.379 e. The van der Waals surface area contributed by atoms with Crippen LogP contribution < -0.4 is 5.73 Å². The number of amidine groups is 1. The molecule has 2 N–H and O–H groups in total. The summed E-state index contributed by atoms with van der Waals surface area (Å²) in [5.41, 5.74) is 6.76. The van der Waals surface area contributed by atoms with Crippen LogP contribution in [-0.2, 0) is 0 Å². The zero-order chi connectivity index (χ0) is 9.26. The first-order chi connectivity index (χ1) is 6.25. The third kappa shape index (κ3) is 1.98. The van der Waals surface area contributed by atoms with Crippen LogP contribution in [0.4, 0.5) is 0 Å². The summed E-state index contributed by atoms with van der Waals surface area (Å²) in [7, 11) is 0. The number of nitrogens with two attached hydrogens (primary N) is 1. The van der Waals surface area contributed by atoms with Crippen molar-refractivity contribution in [1.82, 2.24) is 0 Å². The summed E-state index contributed by atoms with van der Waals surface area (Å²) in [6, 6.07) is 7.96. The monoisotopic (exact) mass is 212 g/mol. The van der Waals surface area contributed by atoms with E-state index in [2.05, 4.69) is 4.99 Å². The lowest BCUT2D eigenvalue weighted by atomic mass is 10.1. The van der Waals surface area contributed by atoms with Crippen molar-refractivity contribution in [3.8, 4) is 0 Å². The van der Waals surface area contributed by atoms with Gasteiger partial charge in [0.25, 0.3) is 0 Å². The molecule has 1 heterocycles. The van der Waals surface area contributed by atoms with Gasteiger partial charge in [-0.1, -0.05) is 35.5 Å². The van der Waals surface area contributed by atoms with Gasteiger partial charge >= 0.3 is 0 Å². The topological polar surface area (TPSA) is 38.4 Å². The molecule has 0 aliphatic carbocycles. The van der Waals surface area contributed by atoms with E-state index >= 15 is 0 Å². The molecule has 2 rings (SSSR count). The van der Waals surface area contributed by atoms with Gasteiger partial charge in [-0.2, -0.15) is 0 Å². The van der Waals surface area contributed by atoms with E-state index in [1.54, 1.807) is 11.8 Å². The Balaban J connectivity index is 2.22. The number of nitrogens with zero attached hydrogens (tertiary/aromatic N) is 1. The lowest BCUT2D eigenvalue weighted by Gasteiger charge is -2.04. The maximum absolute atomic E-state index is 5.78. The first kappa shape index (κ1) is 8.91. The molecular weight excluding hydrogens is 204 g/mol. The van der Waals surface area contributed by atoms with Crippen LogP contribution in [0.25, 0.3) is 0 Å². The van der Waals surface area contributed by atoms with Crippen molar-refractivity contribution in [3.63, 3.8) is 0 Å². The van der Waals surface area contributed by atoms with Crippen molar-refractivity contribution in [2.45, 2.75) is 6.04 Å². The second kappa shape index (κ2) is 3.60. The fraction of sp³-hybridized carbons (Fsp3) is 0.222. The first-order valence-electron chi connectivity index (χ1n) is 3.97. The van der Waals surface area contributed by atoms with Gasteiger partial charge in [-0.25, -0.2) is 0 Å². The predicted molar refractivity (Wildman–Crippen MR) is 58.3 cm³/mol. The Morgan fingerprint density at radius 1 is 1.38 bits per heavy atom. The van der Waals surface area contributed by atoms with E-state index in [0.29, 0.717) is 5.17 Å². The molecule has 1 aliphatic rings. The van der Waals surface area contributed by atoms with Gasteiger partial charge in [0.05, 0.1) is 6.04 Å². The molecule has 0 radical (unpaired) electrons. The third-order valence-electron chi connectivity index (χ3n) is 1.93. The molecule has 0 fully saturated rings. The summed E-state index contributed by atoms with van der Waals surface area (Å²) in [6.45, 7) is 0. The SMILES string of the molecule is NC1=NC(c2ccc(Cl)cc2)CS1. The van der Waals surface area contributed by atoms with Crippen LogP contribution in [0.5, 0.6) is 0 Å². The van der Waals surface area contributed by atoms with E-state index in [1.165, 1.54) is 5.56 Å². The normalized spacial score (nSPS) is 21.6. The molecule has 1 aromatic carbocycles. The van der Waals surface area contributed by atoms with Crippen LogP contribution in [0, 0.1) is 0 Å². The molecule has 0 saturated carbocycles. The number of thioether (sulfide) groups is 1. The number of rotatable bonds is 1. The second-order valence-corrected chi connectivity index (χ2v) is 4.32. The first-order valence-corrected chi connectivity index (χ1v) is 5.33. The zero-order valence-corrected chi connectivity index (χ0v) is 8.48. The lowest BCUT2D eigenvalue weighted by Crippen LogP contribution is -2.01. The van der Waals surface area contributed by atoms with Crippen LogP contribution in [-0.4, -0.2) is 10.9 Å². The van der Waals surface area contributed by atoms with Crippen LogP contribution in [0.1, 0.15) is 11.6 Å². The molecule has 0 aromatic heterocycles. The number of benzene rings is 1. The predicted octanol–water partition coefficient (Wildman–Crippen LogP) is 2.44. The average Bonchev–Trinajstić information content (AvgIpc) is 2.53. The van der Waals surface area contributed by atoms with Crippen LogP contribution in [0.2, 0.25) is 5.02 Å². The fourth-order valence-corrected chi connectivity index (χ4v) is 2.17. The molecule has 1 atom stereocenters. The van der Waals surface area contributed by atoms with Gasteiger partial charge in [-0.3, -0.25) is 4.99 Å². The molecule has 13 heavy (non-hydrogen) atoms. The van der Waals surface area contributed by atoms with Crippen molar-refractivity contribution >= 4 is 28.5 Å². The van der Waals surface area contributed by atoms with Gasteiger partial charge in [-0.05, 0) is 17.7 Å². The van der Waals surface area contributed by atoms with Gasteiger partial charge in [0.1, 0.15) is 0 Å². The molecule has 2 nitrogen and oxygen atoms in total. The quantitative estimate of drug-likeness (QED) is 0.777. The van der Waals surface area contributed by atoms with Gasteiger partial charge in [0.2, 0.25) is 0 Å². The maximum Gasteiger partial charge on any atom is 0.154 e. The van der Waals surface area contributed by atoms with Crippen molar-refractivity contribution in [2.75, 3.05) is 5.75 Å². The van der Waals surface area contributed by atoms with E-state index in [-0.39, 0.29) is 6.04 Å². The maximum atomic E-state index is 5.78. The van der Waals surface area contributed by atoms with Crippen molar-refractivity contribution in [3.05, 3.63) is 34.9 Å². The molecule has 0 spiro atoms.